The van der Waals surface area contributed by atoms with Crippen molar-refractivity contribution in [1.82, 2.24) is 9.78 Å². The summed E-state index contributed by atoms with van der Waals surface area (Å²) < 4.78 is 12.7. The number of anilines is 1. The monoisotopic (exact) mass is 467 g/mol. The number of nitrogens with zero attached hydrogens (tertiary/aromatic N) is 2. The Morgan fingerprint density at radius 2 is 1.71 bits per heavy atom. The highest BCUT2D eigenvalue weighted by atomic mass is 16.5. The predicted octanol–water partition coefficient (Wildman–Crippen LogP) is 5.69. The van der Waals surface area contributed by atoms with Crippen molar-refractivity contribution in [2.24, 2.45) is 0 Å². The zero-order valence-corrected chi connectivity index (χ0v) is 19.3. The maximum absolute atomic E-state index is 12.6. The van der Waals surface area contributed by atoms with Gasteiger partial charge >= 0.3 is 5.97 Å². The molecule has 0 aliphatic heterocycles. The molecule has 0 fully saturated rings. The van der Waals surface area contributed by atoms with Gasteiger partial charge in [0.1, 0.15) is 17.2 Å². The fourth-order valence-electron chi connectivity index (χ4n) is 3.48. The van der Waals surface area contributed by atoms with E-state index in [9.17, 15) is 9.59 Å². The van der Waals surface area contributed by atoms with Crippen LogP contribution in [-0.2, 0) is 16.1 Å². The van der Waals surface area contributed by atoms with Crippen LogP contribution in [0.25, 0.3) is 11.3 Å². The first-order valence-electron chi connectivity index (χ1n) is 11.2. The number of hydrogen-bond donors (Lipinski definition) is 1. The molecule has 0 radical (unpaired) electrons. The molecule has 35 heavy (non-hydrogen) atoms. The lowest BCUT2D eigenvalue weighted by Crippen LogP contribution is -2.14. The van der Waals surface area contributed by atoms with Crippen LogP contribution in [0, 0.1) is 0 Å². The van der Waals surface area contributed by atoms with Crippen LogP contribution in [0.5, 0.6) is 11.5 Å². The van der Waals surface area contributed by atoms with Crippen LogP contribution in [0.15, 0.2) is 97.6 Å². The minimum atomic E-state index is -0.452. The van der Waals surface area contributed by atoms with E-state index in [0.29, 0.717) is 29.4 Å². The molecule has 0 saturated heterocycles. The van der Waals surface area contributed by atoms with E-state index in [0.717, 1.165) is 16.9 Å². The van der Waals surface area contributed by atoms with Gasteiger partial charge in [-0.05, 0) is 73.2 Å². The number of esters is 1. The normalized spacial score (nSPS) is 10.4. The molecule has 0 atom stereocenters. The van der Waals surface area contributed by atoms with Crippen LogP contribution in [0.2, 0.25) is 0 Å². The predicted molar refractivity (Wildman–Crippen MR) is 135 cm³/mol. The van der Waals surface area contributed by atoms with Gasteiger partial charge in [0.05, 0.1) is 18.8 Å². The highest BCUT2D eigenvalue weighted by Crippen LogP contribution is 2.26. The number of para-hydroxylation sites is 1. The first kappa shape index (κ1) is 23.5. The Kier molecular flexibility index (Phi) is 7.37. The molecule has 0 aliphatic carbocycles. The summed E-state index contributed by atoms with van der Waals surface area (Å²) in [4.78, 5) is 24.3. The zero-order valence-electron chi connectivity index (χ0n) is 19.3. The maximum atomic E-state index is 12.6. The third-order valence-corrected chi connectivity index (χ3v) is 5.11. The Morgan fingerprint density at radius 3 is 2.43 bits per heavy atom. The number of amides is 1. The number of carbonyl (C=O) groups is 2. The fraction of sp³-hybridized carbons (Fsp3) is 0.107. The molecule has 0 saturated carbocycles. The zero-order chi connectivity index (χ0) is 24.6. The molecule has 7 heteroatoms. The Bertz CT molecular complexity index is 1330. The molecule has 4 aromatic rings. The molecule has 0 spiro atoms. The molecule has 0 unspecified atom stereocenters. The molecule has 1 amide bonds. The molecule has 3 aromatic carbocycles. The summed E-state index contributed by atoms with van der Waals surface area (Å²) in [6.07, 6.45) is 1.21. The van der Waals surface area contributed by atoms with E-state index in [4.69, 9.17) is 9.47 Å². The molecule has 4 rings (SSSR count). The van der Waals surface area contributed by atoms with E-state index in [1.807, 2.05) is 72.8 Å². The Hall–Kier alpha value is -4.65. The van der Waals surface area contributed by atoms with E-state index in [2.05, 4.69) is 17.0 Å². The first-order chi connectivity index (χ1) is 17.1. The van der Waals surface area contributed by atoms with Crippen molar-refractivity contribution in [2.45, 2.75) is 13.5 Å². The number of benzene rings is 3. The second-order valence-corrected chi connectivity index (χ2v) is 7.63. The first-order valence-corrected chi connectivity index (χ1v) is 11.2. The summed E-state index contributed by atoms with van der Waals surface area (Å²) in [6.45, 7) is 5.81. The second kappa shape index (κ2) is 11.0. The molecule has 176 valence electrons. The minimum absolute atomic E-state index is 0.258. The molecule has 1 heterocycles. The van der Waals surface area contributed by atoms with Gasteiger partial charge < -0.3 is 14.8 Å². The third kappa shape index (κ3) is 6.03. The van der Waals surface area contributed by atoms with E-state index in [1.165, 1.54) is 6.08 Å². The van der Waals surface area contributed by atoms with Crippen molar-refractivity contribution in [1.29, 1.82) is 0 Å². The third-order valence-electron chi connectivity index (χ3n) is 5.11. The summed E-state index contributed by atoms with van der Waals surface area (Å²) in [6, 6.07) is 26.1. The molecular weight excluding hydrogens is 442 g/mol. The molecular formula is C28H25N3O4. The van der Waals surface area contributed by atoms with Crippen LogP contribution in [-0.4, -0.2) is 28.3 Å². The topological polar surface area (TPSA) is 82.5 Å². The highest BCUT2D eigenvalue weighted by Gasteiger charge is 2.18. The Morgan fingerprint density at radius 1 is 0.971 bits per heavy atom. The number of rotatable bonds is 9. The quantitative estimate of drug-likeness (QED) is 0.253. The van der Waals surface area contributed by atoms with E-state index >= 15 is 0 Å². The van der Waals surface area contributed by atoms with Gasteiger partial charge in [0, 0.05) is 11.3 Å². The number of aromatic nitrogens is 2. The van der Waals surface area contributed by atoms with Crippen molar-refractivity contribution >= 4 is 17.6 Å². The SMILES string of the molecule is C=CC(=O)Nc1cccc(Cn2nc(-c3ccc(Oc4ccccc4)cc3)cc2C(=O)OCC)c1. The van der Waals surface area contributed by atoms with Crippen molar-refractivity contribution < 1.29 is 19.1 Å². The molecule has 0 aliphatic rings. The number of nitrogens with one attached hydrogen (secondary N) is 1. The van der Waals surface area contributed by atoms with Gasteiger partial charge in [0.2, 0.25) is 5.91 Å². The summed E-state index contributed by atoms with van der Waals surface area (Å²) in [5.41, 5.74) is 3.30. The van der Waals surface area contributed by atoms with Gasteiger partial charge in [-0.15, -0.1) is 0 Å². The number of carbonyl (C=O) groups excluding carboxylic acids is 2. The lowest BCUT2D eigenvalue weighted by molar-refractivity contribution is -0.111. The minimum Gasteiger partial charge on any atom is -0.461 e. The van der Waals surface area contributed by atoms with Crippen molar-refractivity contribution in [3.05, 3.63) is 109 Å². The van der Waals surface area contributed by atoms with Crippen LogP contribution in [0.3, 0.4) is 0 Å². The lowest BCUT2D eigenvalue weighted by Gasteiger charge is -2.09. The van der Waals surface area contributed by atoms with Gasteiger partial charge in [-0.3, -0.25) is 9.48 Å². The number of hydrogen-bond acceptors (Lipinski definition) is 5. The molecule has 1 N–H and O–H groups in total. The van der Waals surface area contributed by atoms with Crippen LogP contribution < -0.4 is 10.1 Å². The Balaban J connectivity index is 1.59. The van der Waals surface area contributed by atoms with Crippen molar-refractivity contribution in [3.8, 4) is 22.8 Å². The molecule has 1 aromatic heterocycles. The molecule has 0 bridgehead atoms. The van der Waals surface area contributed by atoms with Crippen LogP contribution >= 0.6 is 0 Å². The smallest absolute Gasteiger partial charge is 0.356 e. The lowest BCUT2D eigenvalue weighted by atomic mass is 10.1. The van der Waals surface area contributed by atoms with Crippen LogP contribution in [0.1, 0.15) is 23.0 Å². The van der Waals surface area contributed by atoms with E-state index in [-0.39, 0.29) is 12.5 Å². The Labute approximate surface area is 203 Å². The largest absolute Gasteiger partial charge is 0.461 e. The van der Waals surface area contributed by atoms with E-state index < -0.39 is 5.97 Å². The summed E-state index contributed by atoms with van der Waals surface area (Å²) in [5, 5.41) is 7.41. The van der Waals surface area contributed by atoms with Gasteiger partial charge in [0.15, 0.2) is 0 Å². The summed E-state index contributed by atoms with van der Waals surface area (Å²) in [5.74, 6) is 0.700. The van der Waals surface area contributed by atoms with Crippen molar-refractivity contribution in [2.75, 3.05) is 11.9 Å². The second-order valence-electron chi connectivity index (χ2n) is 7.63. The van der Waals surface area contributed by atoms with Gasteiger partial charge in [-0.25, -0.2) is 4.79 Å². The fourth-order valence-corrected chi connectivity index (χ4v) is 3.48. The highest BCUT2D eigenvalue weighted by molar-refractivity contribution is 5.98. The van der Waals surface area contributed by atoms with Gasteiger partial charge in [-0.2, -0.15) is 5.10 Å². The average molecular weight is 468 g/mol. The summed E-state index contributed by atoms with van der Waals surface area (Å²) in [7, 11) is 0. The van der Waals surface area contributed by atoms with Gasteiger partial charge in [-0.1, -0.05) is 36.9 Å². The standard InChI is InChI=1S/C28H25N3O4/c1-3-27(32)29-22-10-8-9-20(17-22)19-31-26(28(33)34-4-2)18-25(30-31)21-13-15-24(16-14-21)35-23-11-6-5-7-12-23/h3,5-18H,1,4,19H2,2H3,(H,29,32). The van der Waals surface area contributed by atoms with Gasteiger partial charge in [0.25, 0.3) is 0 Å². The number of ether oxygens (including phenoxy) is 2. The average Bonchev–Trinajstić information content (AvgIpc) is 3.29. The van der Waals surface area contributed by atoms with E-state index in [1.54, 1.807) is 23.7 Å². The van der Waals surface area contributed by atoms with Crippen molar-refractivity contribution in [3.63, 3.8) is 0 Å². The maximum Gasteiger partial charge on any atom is 0.356 e. The summed E-state index contributed by atoms with van der Waals surface area (Å²) >= 11 is 0. The van der Waals surface area contributed by atoms with Crippen LogP contribution in [0.4, 0.5) is 5.69 Å². The molecule has 7 nitrogen and oxygen atoms in total.